The zero-order valence-corrected chi connectivity index (χ0v) is 12.7. The lowest BCUT2D eigenvalue weighted by Crippen LogP contribution is -2.29. The van der Waals surface area contributed by atoms with Crippen molar-refractivity contribution in [1.82, 2.24) is 4.90 Å². The first kappa shape index (κ1) is 15.5. The van der Waals surface area contributed by atoms with Crippen LogP contribution in [0.5, 0.6) is 0 Å². The largest absolute Gasteiger partial charge is 0.481 e. The lowest BCUT2D eigenvalue weighted by atomic mass is 10.3. The summed E-state index contributed by atoms with van der Waals surface area (Å²) >= 11 is 6.36. The summed E-state index contributed by atoms with van der Waals surface area (Å²) in [6, 6.07) is 3.59. The Kier molecular flexibility index (Phi) is 5.35. The smallest absolute Gasteiger partial charge is 0.303 e. The molecule has 1 amide bonds. The first-order valence-electron chi connectivity index (χ1n) is 6.25. The molecule has 0 aromatic carbocycles. The maximum atomic E-state index is 12.1. The number of aliphatic carboxylic acids is 1. The molecule has 1 aliphatic rings. The van der Waals surface area contributed by atoms with Gasteiger partial charge in [0, 0.05) is 13.0 Å². The van der Waals surface area contributed by atoms with Crippen LogP contribution < -0.4 is 0 Å². The minimum absolute atomic E-state index is 0.0223. The number of allylic oxidation sites excluding steroid dienone is 2. The number of carbonyl (C=O) groups is 2. The molecule has 0 radical (unpaired) electrons. The molecule has 1 saturated heterocycles. The molecule has 7 heteroatoms. The van der Waals surface area contributed by atoms with E-state index in [0.717, 1.165) is 0 Å². The van der Waals surface area contributed by atoms with Gasteiger partial charge in [-0.15, -0.1) is 0 Å². The number of amides is 1. The normalized spacial score (nSPS) is 17.3. The molecule has 1 aromatic rings. The summed E-state index contributed by atoms with van der Waals surface area (Å²) in [5.41, 5.74) is 0. The van der Waals surface area contributed by atoms with Crippen molar-refractivity contribution in [3.05, 3.63) is 41.2 Å². The zero-order valence-electron chi connectivity index (χ0n) is 11.0. The maximum absolute atomic E-state index is 12.1. The number of carbonyl (C=O) groups excluding carboxylic acids is 1. The molecule has 0 aliphatic carbocycles. The number of furan rings is 1. The summed E-state index contributed by atoms with van der Waals surface area (Å²) in [6.45, 7) is 0.330. The number of carboxylic acid groups (broad SMARTS) is 1. The van der Waals surface area contributed by atoms with Crippen molar-refractivity contribution in [2.45, 2.75) is 12.8 Å². The second-order valence-electron chi connectivity index (χ2n) is 4.23. The van der Waals surface area contributed by atoms with Gasteiger partial charge in [0.1, 0.15) is 10.1 Å². The Hall–Kier alpha value is -1.86. The third kappa shape index (κ3) is 4.30. The van der Waals surface area contributed by atoms with Crippen molar-refractivity contribution in [2.24, 2.45) is 0 Å². The Balaban J connectivity index is 1.95. The number of thioether (sulfide) groups is 1. The van der Waals surface area contributed by atoms with Crippen molar-refractivity contribution in [3.8, 4) is 0 Å². The van der Waals surface area contributed by atoms with Gasteiger partial charge >= 0.3 is 5.97 Å². The van der Waals surface area contributed by atoms with Crippen LogP contribution >= 0.6 is 24.0 Å². The van der Waals surface area contributed by atoms with Crippen molar-refractivity contribution < 1.29 is 19.1 Å². The number of thiocarbonyl (C=S) groups is 1. The highest BCUT2D eigenvalue weighted by atomic mass is 32.2. The van der Waals surface area contributed by atoms with E-state index in [9.17, 15) is 9.59 Å². The number of nitrogens with zero attached hydrogens (tertiary/aromatic N) is 1. The van der Waals surface area contributed by atoms with Crippen LogP contribution in [0.2, 0.25) is 0 Å². The molecular weight excluding hydrogens is 310 g/mol. The third-order valence-corrected chi connectivity index (χ3v) is 4.09. The Morgan fingerprint density at radius 1 is 1.52 bits per heavy atom. The Bertz CT molecular complexity index is 605. The topological polar surface area (TPSA) is 70.8 Å². The van der Waals surface area contributed by atoms with Gasteiger partial charge in [-0.25, -0.2) is 0 Å². The Morgan fingerprint density at radius 2 is 2.33 bits per heavy atom. The van der Waals surface area contributed by atoms with Crippen molar-refractivity contribution >= 4 is 46.3 Å². The average Bonchev–Trinajstić information content (AvgIpc) is 3.02. The third-order valence-electron chi connectivity index (χ3n) is 2.70. The van der Waals surface area contributed by atoms with Gasteiger partial charge in [0.15, 0.2) is 0 Å². The molecule has 21 heavy (non-hydrogen) atoms. The molecule has 110 valence electrons. The predicted octanol–water partition coefficient (Wildman–Crippen LogP) is 2.90. The van der Waals surface area contributed by atoms with Crippen molar-refractivity contribution in [1.29, 1.82) is 0 Å². The fraction of sp³-hybridized carbons (Fsp3) is 0.214. The molecule has 0 spiro atoms. The van der Waals surface area contributed by atoms with Crippen molar-refractivity contribution in [3.63, 3.8) is 0 Å². The van der Waals surface area contributed by atoms with E-state index in [4.69, 9.17) is 21.7 Å². The summed E-state index contributed by atoms with van der Waals surface area (Å²) in [7, 11) is 0. The van der Waals surface area contributed by atoms with Crippen LogP contribution in [0.4, 0.5) is 0 Å². The summed E-state index contributed by atoms with van der Waals surface area (Å²) in [5.74, 6) is -0.361. The second-order valence-corrected chi connectivity index (χ2v) is 5.90. The van der Waals surface area contributed by atoms with Gasteiger partial charge < -0.3 is 9.52 Å². The summed E-state index contributed by atoms with van der Waals surface area (Å²) in [6.07, 6.45) is 7.13. The first-order valence-corrected chi connectivity index (χ1v) is 7.48. The van der Waals surface area contributed by atoms with Crippen LogP contribution in [0.1, 0.15) is 18.6 Å². The number of carboxylic acids is 1. The molecule has 2 heterocycles. The van der Waals surface area contributed by atoms with Gasteiger partial charge in [0.2, 0.25) is 0 Å². The summed E-state index contributed by atoms with van der Waals surface area (Å²) < 4.78 is 5.60. The summed E-state index contributed by atoms with van der Waals surface area (Å²) in [5, 5.41) is 8.61. The second kappa shape index (κ2) is 7.24. The van der Waals surface area contributed by atoms with E-state index < -0.39 is 5.97 Å². The van der Waals surface area contributed by atoms with E-state index in [2.05, 4.69) is 0 Å². The van der Waals surface area contributed by atoms with Crippen LogP contribution in [0, 0.1) is 0 Å². The Morgan fingerprint density at radius 3 is 3.00 bits per heavy atom. The van der Waals surface area contributed by atoms with E-state index >= 15 is 0 Å². The van der Waals surface area contributed by atoms with Gasteiger partial charge in [-0.05, 0) is 30.7 Å². The van der Waals surface area contributed by atoms with Crippen LogP contribution in [-0.2, 0) is 9.59 Å². The molecule has 1 aromatic heterocycles. The van der Waals surface area contributed by atoms with Crippen molar-refractivity contribution in [2.75, 3.05) is 6.54 Å². The van der Waals surface area contributed by atoms with Gasteiger partial charge in [0.25, 0.3) is 5.91 Å². The highest BCUT2D eigenvalue weighted by Gasteiger charge is 2.31. The molecule has 0 bridgehead atoms. The van der Waals surface area contributed by atoms with Gasteiger partial charge in [-0.1, -0.05) is 30.1 Å². The molecule has 2 rings (SSSR count). The maximum Gasteiger partial charge on any atom is 0.303 e. The fourth-order valence-electron chi connectivity index (χ4n) is 1.71. The molecule has 1 aliphatic heterocycles. The molecule has 0 unspecified atom stereocenters. The summed E-state index contributed by atoms with van der Waals surface area (Å²) in [4.78, 5) is 24.6. The molecule has 0 atom stereocenters. The number of hydrogen-bond acceptors (Lipinski definition) is 5. The minimum Gasteiger partial charge on any atom is -0.481 e. The Labute approximate surface area is 131 Å². The van der Waals surface area contributed by atoms with Crippen LogP contribution in [0.25, 0.3) is 6.08 Å². The average molecular weight is 323 g/mol. The molecule has 5 nitrogen and oxygen atoms in total. The highest BCUT2D eigenvalue weighted by Crippen LogP contribution is 2.31. The fourth-order valence-corrected chi connectivity index (χ4v) is 2.97. The van der Waals surface area contributed by atoms with Crippen LogP contribution in [-0.4, -0.2) is 32.7 Å². The van der Waals surface area contributed by atoms with E-state index in [-0.39, 0.29) is 12.3 Å². The number of rotatable bonds is 6. The molecular formula is C14H13NO4S2. The van der Waals surface area contributed by atoms with Crippen LogP contribution in [0.3, 0.4) is 0 Å². The SMILES string of the molecule is O=C(O)CCCN1C(=O)C(=CC=Cc2ccco2)SC1=S. The minimum atomic E-state index is -0.877. The van der Waals surface area contributed by atoms with E-state index in [0.29, 0.717) is 28.0 Å². The van der Waals surface area contributed by atoms with Gasteiger partial charge in [-0.3, -0.25) is 14.5 Å². The molecule has 1 N–H and O–H groups in total. The monoisotopic (exact) mass is 323 g/mol. The lowest BCUT2D eigenvalue weighted by molar-refractivity contribution is -0.137. The van der Waals surface area contributed by atoms with Crippen LogP contribution in [0.15, 0.2) is 39.9 Å². The van der Waals surface area contributed by atoms with E-state index in [1.165, 1.54) is 16.7 Å². The standard InChI is InChI=1S/C14H13NO4S2/c16-12(17)7-2-8-15-13(18)11(21-14(15)20)6-1-4-10-5-3-9-19-10/h1,3-6,9H,2,7-8H2,(H,16,17). The molecule has 0 saturated carbocycles. The van der Waals surface area contributed by atoms with E-state index in [1.807, 2.05) is 6.07 Å². The predicted molar refractivity (Wildman–Crippen MR) is 84.6 cm³/mol. The van der Waals surface area contributed by atoms with Gasteiger partial charge in [0.05, 0.1) is 11.2 Å². The first-order chi connectivity index (χ1) is 10.1. The van der Waals surface area contributed by atoms with E-state index in [1.54, 1.807) is 30.6 Å². The number of hydrogen-bond donors (Lipinski definition) is 1. The van der Waals surface area contributed by atoms with Gasteiger partial charge in [-0.2, -0.15) is 0 Å². The highest BCUT2D eigenvalue weighted by molar-refractivity contribution is 8.26. The zero-order chi connectivity index (χ0) is 15.2. The lowest BCUT2D eigenvalue weighted by Gasteiger charge is -2.12. The molecule has 1 fully saturated rings. The quantitative estimate of drug-likeness (QED) is 0.641.